The van der Waals surface area contributed by atoms with Gasteiger partial charge in [-0.1, -0.05) is 0 Å². The first-order chi connectivity index (χ1) is 15.9. The van der Waals surface area contributed by atoms with Crippen molar-refractivity contribution in [3.8, 4) is 34.0 Å². The zero-order valence-corrected chi connectivity index (χ0v) is 20.2. The van der Waals surface area contributed by atoms with Gasteiger partial charge >= 0.3 is 0 Å². The lowest BCUT2D eigenvalue weighted by Gasteiger charge is -2.32. The predicted octanol–water partition coefficient (Wildman–Crippen LogP) is 2.93. The molecular weight excluding hydrogens is 418 g/mol. The van der Waals surface area contributed by atoms with E-state index in [-0.39, 0.29) is 5.43 Å². The molecule has 0 bridgehead atoms. The Labute approximate surface area is 195 Å². The van der Waals surface area contributed by atoms with Crippen LogP contribution in [0.25, 0.3) is 22.4 Å². The van der Waals surface area contributed by atoms with Gasteiger partial charge in [-0.3, -0.25) is 9.69 Å². The Morgan fingerprint density at radius 1 is 0.909 bits per heavy atom. The molecular formula is C26H33N3O4. The van der Waals surface area contributed by atoms with E-state index >= 15 is 0 Å². The molecule has 0 aromatic heterocycles. The largest absolute Gasteiger partial charge is 0.492 e. The van der Waals surface area contributed by atoms with E-state index in [0.717, 1.165) is 72.0 Å². The van der Waals surface area contributed by atoms with Gasteiger partial charge in [-0.25, -0.2) is 0 Å². The molecule has 1 aliphatic carbocycles. The van der Waals surface area contributed by atoms with Crippen molar-refractivity contribution in [1.82, 2.24) is 14.5 Å². The molecule has 1 aromatic carbocycles. The molecule has 0 radical (unpaired) electrons. The normalized spacial score (nSPS) is 15.1. The van der Waals surface area contributed by atoms with Crippen LogP contribution >= 0.6 is 0 Å². The molecule has 2 heterocycles. The number of nitrogens with zero attached hydrogens (tertiary/aromatic N) is 3. The molecule has 0 spiro atoms. The average molecular weight is 452 g/mol. The van der Waals surface area contributed by atoms with E-state index in [9.17, 15) is 4.79 Å². The van der Waals surface area contributed by atoms with Crippen LogP contribution in [0.1, 0.15) is 11.1 Å². The minimum atomic E-state index is -0.0397. The van der Waals surface area contributed by atoms with Crippen molar-refractivity contribution in [3.05, 3.63) is 57.7 Å². The van der Waals surface area contributed by atoms with Gasteiger partial charge < -0.3 is 19.2 Å². The Hall–Kier alpha value is -3.03. The van der Waals surface area contributed by atoms with Crippen molar-refractivity contribution < 1.29 is 14.3 Å². The zero-order chi connectivity index (χ0) is 23.5. The fraction of sp³-hybridized carbons (Fsp3) is 0.423. The van der Waals surface area contributed by atoms with Crippen molar-refractivity contribution in [2.75, 3.05) is 60.6 Å². The van der Waals surface area contributed by atoms with Crippen LogP contribution in [0.15, 0.2) is 41.2 Å². The number of ether oxygens (including phenoxy) is 2. The van der Waals surface area contributed by atoms with E-state index < -0.39 is 0 Å². The van der Waals surface area contributed by atoms with E-state index in [1.807, 2.05) is 6.07 Å². The number of aryl methyl sites for hydroxylation is 2. The molecule has 4 rings (SSSR count). The van der Waals surface area contributed by atoms with Crippen LogP contribution in [-0.2, 0) is 0 Å². The molecule has 1 saturated heterocycles. The molecule has 0 N–H and O–H groups in total. The van der Waals surface area contributed by atoms with Crippen molar-refractivity contribution in [2.24, 2.45) is 0 Å². The third kappa shape index (κ3) is 4.84. The summed E-state index contributed by atoms with van der Waals surface area (Å²) in [5, 5.41) is 0. The summed E-state index contributed by atoms with van der Waals surface area (Å²) in [5.74, 6) is 1.47. The van der Waals surface area contributed by atoms with Gasteiger partial charge in [-0.2, -0.15) is 0 Å². The third-order valence-corrected chi connectivity index (χ3v) is 6.33. The molecule has 0 saturated carbocycles. The SMILES string of the molecule is COc1c2ccc(=O)cc-2cc(-c2cc(C)c(OCCN3CCN(C)CC3)c(C)c2)n1OC. The summed E-state index contributed by atoms with van der Waals surface area (Å²) in [6, 6.07) is 11.1. The molecule has 1 fully saturated rings. The number of rotatable bonds is 7. The number of benzene rings is 2. The fourth-order valence-corrected chi connectivity index (χ4v) is 4.53. The molecule has 7 heteroatoms. The maximum atomic E-state index is 12.0. The maximum Gasteiger partial charge on any atom is 0.235 e. The highest BCUT2D eigenvalue weighted by molar-refractivity contribution is 5.77. The van der Waals surface area contributed by atoms with Crippen molar-refractivity contribution in [1.29, 1.82) is 0 Å². The topological polar surface area (TPSA) is 56.2 Å². The average Bonchev–Trinajstić information content (AvgIpc) is 2.80. The lowest BCUT2D eigenvalue weighted by atomic mass is 9.98. The molecule has 0 unspecified atom stereocenters. The summed E-state index contributed by atoms with van der Waals surface area (Å²) in [4.78, 5) is 22.5. The van der Waals surface area contributed by atoms with Gasteiger partial charge in [-0.15, -0.1) is 4.73 Å². The second kappa shape index (κ2) is 9.85. The van der Waals surface area contributed by atoms with Crippen LogP contribution in [0.2, 0.25) is 0 Å². The molecule has 2 aliphatic heterocycles. The minimum Gasteiger partial charge on any atom is -0.492 e. The Morgan fingerprint density at radius 2 is 1.61 bits per heavy atom. The summed E-state index contributed by atoms with van der Waals surface area (Å²) in [7, 11) is 5.38. The van der Waals surface area contributed by atoms with Crippen molar-refractivity contribution in [2.45, 2.75) is 13.8 Å². The highest BCUT2D eigenvalue weighted by Gasteiger charge is 2.20. The van der Waals surface area contributed by atoms with Gasteiger partial charge in [0.1, 0.15) is 19.5 Å². The molecule has 0 amide bonds. The number of aromatic nitrogens is 1. The number of methoxy groups -OCH3 is 1. The van der Waals surface area contributed by atoms with Crippen LogP contribution in [0.4, 0.5) is 0 Å². The second-order valence-corrected chi connectivity index (χ2v) is 8.70. The summed E-state index contributed by atoms with van der Waals surface area (Å²) in [6.07, 6.45) is 0. The standard InChI is InChI=1S/C26H33N3O4/c1-18-14-21(15-19(2)25(18)33-13-12-28-10-8-27(3)9-11-28)24-17-20-16-22(30)6-7-23(20)26(31-4)29(24)32-5/h6-7,14-17H,8-13H2,1-5H3. The minimum absolute atomic E-state index is 0.0397. The number of likely N-dealkylation sites (N-methyl/N-ethyl adjacent to an activating group) is 1. The summed E-state index contributed by atoms with van der Waals surface area (Å²) in [6.45, 7) is 10.1. The smallest absolute Gasteiger partial charge is 0.235 e. The Morgan fingerprint density at radius 3 is 2.24 bits per heavy atom. The van der Waals surface area contributed by atoms with Crippen molar-refractivity contribution in [3.63, 3.8) is 0 Å². The first kappa shape index (κ1) is 23.1. The fourth-order valence-electron chi connectivity index (χ4n) is 4.53. The third-order valence-electron chi connectivity index (χ3n) is 6.33. The van der Waals surface area contributed by atoms with E-state index in [4.69, 9.17) is 14.3 Å². The van der Waals surface area contributed by atoms with Gasteiger partial charge in [0.25, 0.3) is 0 Å². The van der Waals surface area contributed by atoms with Crippen LogP contribution in [0.3, 0.4) is 0 Å². The first-order valence-corrected chi connectivity index (χ1v) is 11.3. The summed E-state index contributed by atoms with van der Waals surface area (Å²) >= 11 is 0. The van der Waals surface area contributed by atoms with Gasteiger partial charge in [-0.05, 0) is 74.0 Å². The number of piperazine rings is 1. The Kier molecular flexibility index (Phi) is 6.91. The predicted molar refractivity (Wildman–Crippen MR) is 131 cm³/mol. The summed E-state index contributed by atoms with van der Waals surface area (Å²) < 4.78 is 13.5. The molecule has 3 aliphatic rings. The zero-order valence-electron chi connectivity index (χ0n) is 20.2. The molecule has 1 aromatic rings. The van der Waals surface area contributed by atoms with Crippen LogP contribution in [-0.4, -0.2) is 75.1 Å². The van der Waals surface area contributed by atoms with Crippen molar-refractivity contribution >= 4 is 0 Å². The molecule has 33 heavy (non-hydrogen) atoms. The Balaban J connectivity index is 1.62. The van der Waals surface area contributed by atoms with E-state index in [1.54, 1.807) is 31.1 Å². The van der Waals surface area contributed by atoms with Gasteiger partial charge in [0, 0.05) is 43.9 Å². The second-order valence-electron chi connectivity index (χ2n) is 8.70. The van der Waals surface area contributed by atoms with Crippen LogP contribution < -0.4 is 19.7 Å². The highest BCUT2D eigenvalue weighted by Crippen LogP contribution is 2.37. The summed E-state index contributed by atoms with van der Waals surface area (Å²) in [5.41, 5.74) is 5.48. The van der Waals surface area contributed by atoms with Crippen LogP contribution in [0, 0.1) is 13.8 Å². The van der Waals surface area contributed by atoms with E-state index in [0.29, 0.717) is 12.5 Å². The lowest BCUT2D eigenvalue weighted by Crippen LogP contribution is -2.45. The number of fused-ring (bicyclic) bond motifs is 1. The number of pyridine rings is 1. The highest BCUT2D eigenvalue weighted by atomic mass is 16.7. The number of hydrogen-bond acceptors (Lipinski definition) is 6. The quantitative estimate of drug-likeness (QED) is 0.551. The van der Waals surface area contributed by atoms with E-state index in [2.05, 4.69) is 42.8 Å². The van der Waals surface area contributed by atoms with Crippen LogP contribution in [0.5, 0.6) is 11.6 Å². The van der Waals surface area contributed by atoms with Gasteiger partial charge in [0.2, 0.25) is 5.88 Å². The van der Waals surface area contributed by atoms with Gasteiger partial charge in [0.15, 0.2) is 5.43 Å². The first-order valence-electron chi connectivity index (χ1n) is 11.3. The molecule has 7 nitrogen and oxygen atoms in total. The monoisotopic (exact) mass is 451 g/mol. The molecule has 0 atom stereocenters. The number of hydrogen-bond donors (Lipinski definition) is 0. The molecule has 176 valence electrons. The van der Waals surface area contributed by atoms with E-state index in [1.165, 1.54) is 6.07 Å². The maximum absolute atomic E-state index is 12.0. The lowest BCUT2D eigenvalue weighted by molar-refractivity contribution is 0.133. The van der Waals surface area contributed by atoms with Gasteiger partial charge in [0.05, 0.1) is 12.8 Å². The Bertz CT molecular complexity index is 1130.